The molecule has 0 radical (unpaired) electrons. The molecule has 0 saturated carbocycles. The number of azide groups is 1. The molecule has 1 heterocycles. The first-order chi connectivity index (χ1) is 14.1. The molecule has 1 aromatic carbocycles. The summed E-state index contributed by atoms with van der Waals surface area (Å²) in [6.45, 7) is 0.227. The Bertz CT molecular complexity index is 917. The molecule has 0 spiro atoms. The number of ether oxygens (including phenoxy) is 2. The van der Waals surface area contributed by atoms with Gasteiger partial charge >= 0.3 is 11.9 Å². The van der Waals surface area contributed by atoms with Crippen LogP contribution in [0.4, 0.5) is 0 Å². The fourth-order valence-corrected chi connectivity index (χ4v) is 3.52. The normalized spacial score (nSPS) is 12.6. The molecule has 0 fully saturated rings. The third-order valence-corrected chi connectivity index (χ3v) is 4.89. The van der Waals surface area contributed by atoms with Crippen molar-refractivity contribution in [3.8, 4) is 0 Å². The maximum Gasteiger partial charge on any atom is 0.314 e. The maximum atomic E-state index is 12.6. The molecule has 0 aliphatic carbocycles. The molecule has 1 N–H and O–H groups in total. The summed E-state index contributed by atoms with van der Waals surface area (Å²) in [5.74, 6) is -2.37. The number of hydrogen-bond donors (Lipinski definition) is 1. The zero-order valence-electron chi connectivity index (χ0n) is 16.5. The van der Waals surface area contributed by atoms with Crippen LogP contribution >= 0.6 is 0 Å². The van der Waals surface area contributed by atoms with Crippen LogP contribution in [0.2, 0.25) is 0 Å². The number of methoxy groups -OCH3 is 2. The fraction of sp³-hybridized carbons (Fsp3) is 0.450. The molecule has 1 aromatic heterocycles. The van der Waals surface area contributed by atoms with Crippen molar-refractivity contribution in [2.45, 2.75) is 31.6 Å². The largest absolute Gasteiger partial charge is 0.469 e. The van der Waals surface area contributed by atoms with Crippen molar-refractivity contribution in [2.24, 2.45) is 11.0 Å². The second-order valence-electron chi connectivity index (χ2n) is 6.54. The average molecular weight is 400 g/mol. The second kappa shape index (κ2) is 10.9. The van der Waals surface area contributed by atoms with Crippen molar-refractivity contribution < 1.29 is 23.9 Å². The average Bonchev–Trinajstić information content (AvgIpc) is 3.11. The van der Waals surface area contributed by atoms with E-state index < -0.39 is 23.8 Å². The first kappa shape index (κ1) is 22.0. The number of rotatable bonds is 11. The summed E-state index contributed by atoms with van der Waals surface area (Å²) >= 11 is 0. The van der Waals surface area contributed by atoms with Gasteiger partial charge in [0.2, 0.25) is 0 Å². The van der Waals surface area contributed by atoms with Crippen LogP contribution < -0.4 is 0 Å². The topological polar surface area (TPSA) is 134 Å². The van der Waals surface area contributed by atoms with E-state index in [9.17, 15) is 14.4 Å². The van der Waals surface area contributed by atoms with Crippen LogP contribution in [-0.4, -0.2) is 44.0 Å². The number of aldehydes is 1. The number of nitrogens with zero attached hydrogens (tertiary/aromatic N) is 3. The molecular formula is C20H24N4O5. The number of fused-ring (bicyclic) bond motifs is 1. The molecule has 154 valence electrons. The van der Waals surface area contributed by atoms with Gasteiger partial charge in [-0.2, -0.15) is 0 Å². The Hall–Kier alpha value is -3.32. The third kappa shape index (κ3) is 5.36. The molecule has 9 nitrogen and oxygen atoms in total. The van der Waals surface area contributed by atoms with Crippen molar-refractivity contribution in [3.05, 3.63) is 46.0 Å². The number of carbonyl (C=O) groups excluding carboxylic acids is 3. The Morgan fingerprint density at radius 3 is 2.62 bits per heavy atom. The zero-order chi connectivity index (χ0) is 21.2. The molecule has 2 rings (SSSR count). The smallest absolute Gasteiger partial charge is 0.314 e. The lowest BCUT2D eigenvalue weighted by Crippen LogP contribution is -2.25. The van der Waals surface area contributed by atoms with Gasteiger partial charge in [-0.25, -0.2) is 0 Å². The molecule has 0 aliphatic heterocycles. The molecule has 0 amide bonds. The van der Waals surface area contributed by atoms with E-state index in [2.05, 4.69) is 15.0 Å². The lowest BCUT2D eigenvalue weighted by molar-refractivity contribution is -0.148. The molecule has 0 bridgehead atoms. The van der Waals surface area contributed by atoms with Gasteiger partial charge in [-0.15, -0.1) is 0 Å². The summed E-state index contributed by atoms with van der Waals surface area (Å²) in [4.78, 5) is 41.7. The van der Waals surface area contributed by atoms with Crippen molar-refractivity contribution in [1.82, 2.24) is 4.98 Å². The van der Waals surface area contributed by atoms with Gasteiger partial charge < -0.3 is 19.3 Å². The van der Waals surface area contributed by atoms with Gasteiger partial charge in [0.25, 0.3) is 0 Å². The third-order valence-electron chi connectivity index (χ3n) is 4.89. The predicted octanol–water partition coefficient (Wildman–Crippen LogP) is 3.44. The van der Waals surface area contributed by atoms with Gasteiger partial charge in [0.05, 0.1) is 26.1 Å². The summed E-state index contributed by atoms with van der Waals surface area (Å²) in [7, 11) is 2.56. The van der Waals surface area contributed by atoms with Gasteiger partial charge in [0.15, 0.2) is 0 Å². The van der Waals surface area contributed by atoms with Crippen molar-refractivity contribution in [1.29, 1.82) is 0 Å². The van der Waals surface area contributed by atoms with Crippen LogP contribution in [0, 0.1) is 5.92 Å². The van der Waals surface area contributed by atoms with E-state index >= 15 is 0 Å². The number of benzene rings is 1. The van der Waals surface area contributed by atoms with E-state index in [0.717, 1.165) is 22.8 Å². The lowest BCUT2D eigenvalue weighted by Gasteiger charge is -2.20. The van der Waals surface area contributed by atoms with E-state index in [1.165, 1.54) is 14.2 Å². The minimum atomic E-state index is -0.760. The number of aromatic amines is 1. The minimum Gasteiger partial charge on any atom is -0.469 e. The SMILES string of the molecule is COC(=O)C(CCC=O)CC(C(=O)OC)c1[nH]c2ccccc2c1CCN=[N+]=[N-]. The number of H-pyrrole nitrogens is 1. The highest BCUT2D eigenvalue weighted by Crippen LogP contribution is 2.34. The molecule has 2 atom stereocenters. The van der Waals surface area contributed by atoms with Crippen LogP contribution in [0.5, 0.6) is 0 Å². The monoisotopic (exact) mass is 400 g/mol. The predicted molar refractivity (Wildman–Crippen MR) is 106 cm³/mol. The first-order valence-electron chi connectivity index (χ1n) is 9.26. The van der Waals surface area contributed by atoms with Gasteiger partial charge in [-0.3, -0.25) is 9.59 Å². The van der Waals surface area contributed by atoms with E-state index in [1.54, 1.807) is 0 Å². The Kier molecular flexibility index (Phi) is 8.24. The van der Waals surface area contributed by atoms with Gasteiger partial charge in [-0.05, 0) is 36.4 Å². The van der Waals surface area contributed by atoms with Crippen LogP contribution in [0.3, 0.4) is 0 Å². The summed E-state index contributed by atoms with van der Waals surface area (Å²) in [5, 5.41) is 4.51. The van der Waals surface area contributed by atoms with E-state index in [1.807, 2.05) is 24.3 Å². The molecule has 0 saturated heterocycles. The fourth-order valence-electron chi connectivity index (χ4n) is 3.52. The molecule has 29 heavy (non-hydrogen) atoms. The van der Waals surface area contributed by atoms with E-state index in [4.69, 9.17) is 15.0 Å². The number of nitrogens with one attached hydrogen (secondary N) is 1. The number of hydrogen-bond acceptors (Lipinski definition) is 6. The summed E-state index contributed by atoms with van der Waals surface area (Å²) in [5.41, 5.74) is 10.9. The standard InChI is InChI=1S/C20H24N4O5/c1-28-19(26)13(6-5-11-25)12-16(20(27)29-2)18-15(9-10-22-24-21)14-7-3-4-8-17(14)23-18/h3-4,7-8,11,13,16,23H,5-6,9-10,12H2,1-2H3. The van der Waals surface area contributed by atoms with Gasteiger partial charge in [0.1, 0.15) is 6.29 Å². The number of carbonyl (C=O) groups is 3. The van der Waals surface area contributed by atoms with Crippen LogP contribution in [0.25, 0.3) is 21.3 Å². The van der Waals surface area contributed by atoms with Crippen molar-refractivity contribution >= 4 is 29.1 Å². The van der Waals surface area contributed by atoms with E-state index in [0.29, 0.717) is 12.1 Å². The van der Waals surface area contributed by atoms with Gasteiger partial charge in [0, 0.05) is 34.5 Å². The van der Waals surface area contributed by atoms with Crippen molar-refractivity contribution in [2.75, 3.05) is 20.8 Å². The first-order valence-corrected chi connectivity index (χ1v) is 9.26. The lowest BCUT2D eigenvalue weighted by atomic mass is 9.87. The number of esters is 2. The Labute approximate surface area is 168 Å². The molecular weight excluding hydrogens is 376 g/mol. The highest BCUT2D eigenvalue weighted by molar-refractivity contribution is 5.88. The number of aromatic nitrogens is 1. The maximum absolute atomic E-state index is 12.6. The highest BCUT2D eigenvalue weighted by Gasteiger charge is 2.32. The van der Waals surface area contributed by atoms with Crippen molar-refractivity contribution in [3.63, 3.8) is 0 Å². The zero-order valence-corrected chi connectivity index (χ0v) is 16.5. The molecule has 0 aliphatic rings. The summed E-state index contributed by atoms with van der Waals surface area (Å²) < 4.78 is 9.86. The summed E-state index contributed by atoms with van der Waals surface area (Å²) in [6.07, 6.45) is 1.75. The van der Waals surface area contributed by atoms with Crippen LogP contribution in [0.1, 0.15) is 36.4 Å². The van der Waals surface area contributed by atoms with Crippen LogP contribution in [-0.2, 0) is 30.3 Å². The minimum absolute atomic E-state index is 0.133. The van der Waals surface area contributed by atoms with Crippen LogP contribution in [0.15, 0.2) is 29.4 Å². The highest BCUT2D eigenvalue weighted by atomic mass is 16.5. The Morgan fingerprint density at radius 2 is 1.97 bits per heavy atom. The Balaban J connectivity index is 2.50. The van der Waals surface area contributed by atoms with Gasteiger partial charge in [-0.1, -0.05) is 23.3 Å². The molecule has 2 aromatic rings. The Morgan fingerprint density at radius 1 is 1.24 bits per heavy atom. The summed E-state index contributed by atoms with van der Waals surface area (Å²) in [6, 6.07) is 7.55. The second-order valence-corrected chi connectivity index (χ2v) is 6.54. The quantitative estimate of drug-likeness (QED) is 0.203. The number of para-hydroxylation sites is 1. The molecule has 9 heteroatoms. The van der Waals surface area contributed by atoms with E-state index in [-0.39, 0.29) is 25.8 Å². The molecule has 2 unspecified atom stereocenters.